The van der Waals surface area contributed by atoms with Crippen molar-refractivity contribution in [2.45, 2.75) is 63.8 Å². The highest BCUT2D eigenvalue weighted by molar-refractivity contribution is 9.10. The summed E-state index contributed by atoms with van der Waals surface area (Å²) in [6.07, 6.45) is 3.74. The Morgan fingerprint density at radius 3 is 2.57 bits per heavy atom. The van der Waals surface area contributed by atoms with Gasteiger partial charge in [-0.1, -0.05) is 66.5 Å². The Bertz CT molecular complexity index is 758. The molecule has 4 rings (SSSR count). The molecule has 2 N–H and O–H groups in total. The number of benzene rings is 2. The Kier molecular flexibility index (Phi) is 9.63. The molecule has 2 aromatic carbocycles. The lowest BCUT2D eigenvalue weighted by Crippen LogP contribution is -2.25. The largest absolute Gasteiger partial charge is 0.381 e. The third kappa shape index (κ3) is 6.13. The van der Waals surface area contributed by atoms with Crippen molar-refractivity contribution >= 4 is 33.6 Å². The first kappa shape index (κ1) is 23.1. The van der Waals surface area contributed by atoms with Crippen LogP contribution in [0.25, 0.3) is 0 Å². The van der Waals surface area contributed by atoms with Crippen LogP contribution in [0.3, 0.4) is 0 Å². The van der Waals surface area contributed by atoms with Crippen molar-refractivity contribution < 1.29 is 0 Å². The average molecular weight is 462 g/mol. The normalized spacial score (nSPS) is 19.2. The number of hydrogen-bond donors (Lipinski definition) is 2. The topological polar surface area (TPSA) is 24.1 Å². The van der Waals surface area contributed by atoms with E-state index in [2.05, 4.69) is 88.9 Å². The van der Waals surface area contributed by atoms with Crippen LogP contribution in [0.5, 0.6) is 0 Å². The van der Waals surface area contributed by atoms with Gasteiger partial charge in [0, 0.05) is 33.6 Å². The Morgan fingerprint density at radius 1 is 1.18 bits per heavy atom. The lowest BCUT2D eigenvalue weighted by molar-refractivity contribution is 0.511. The first-order valence-corrected chi connectivity index (χ1v) is 11.9. The van der Waals surface area contributed by atoms with Gasteiger partial charge in [-0.3, -0.25) is 4.72 Å². The summed E-state index contributed by atoms with van der Waals surface area (Å²) in [6, 6.07) is 15.6. The van der Waals surface area contributed by atoms with E-state index in [-0.39, 0.29) is 0 Å². The van der Waals surface area contributed by atoms with Gasteiger partial charge in [-0.05, 0) is 74.0 Å². The second-order valence-corrected chi connectivity index (χ2v) is 8.80. The van der Waals surface area contributed by atoms with Gasteiger partial charge >= 0.3 is 0 Å². The summed E-state index contributed by atoms with van der Waals surface area (Å²) in [5, 5.41) is 3.61. The molecule has 1 aliphatic heterocycles. The molecule has 4 heteroatoms. The summed E-state index contributed by atoms with van der Waals surface area (Å²) in [5.41, 5.74) is 5.44. The number of aryl methyl sites for hydroxylation is 1. The van der Waals surface area contributed by atoms with E-state index in [0.29, 0.717) is 12.0 Å². The Balaban J connectivity index is 0.000000193. The molecule has 1 aliphatic carbocycles. The monoisotopic (exact) mass is 460 g/mol. The maximum atomic E-state index is 4.23. The van der Waals surface area contributed by atoms with Crippen LogP contribution in [0.1, 0.15) is 57.1 Å². The Morgan fingerprint density at radius 2 is 1.89 bits per heavy atom. The molecule has 1 saturated carbocycles. The maximum Gasteiger partial charge on any atom is 0.0382 e. The maximum absolute atomic E-state index is 4.23. The molecule has 2 unspecified atom stereocenters. The SMILES string of the molecule is C=C1CCCC2Nc3ccc(Br)cc3C12.CC.CCNSc1ccc(C)cc1. The van der Waals surface area contributed by atoms with Crippen LogP contribution in [0.15, 0.2) is 64.0 Å². The average Bonchev–Trinajstić information content (AvgIpc) is 3.08. The van der Waals surface area contributed by atoms with Crippen LogP contribution >= 0.6 is 27.9 Å². The van der Waals surface area contributed by atoms with Gasteiger partial charge in [0.1, 0.15) is 0 Å². The number of fused-ring (bicyclic) bond motifs is 3. The van der Waals surface area contributed by atoms with Gasteiger partial charge in [0.25, 0.3) is 0 Å². The van der Waals surface area contributed by atoms with E-state index in [0.717, 1.165) is 6.54 Å². The van der Waals surface area contributed by atoms with Gasteiger partial charge < -0.3 is 5.32 Å². The van der Waals surface area contributed by atoms with Gasteiger partial charge in [-0.15, -0.1) is 0 Å². The number of rotatable bonds is 3. The predicted octanol–water partition coefficient (Wildman–Crippen LogP) is 7.70. The third-order valence-corrected chi connectivity index (χ3v) is 6.33. The second-order valence-electron chi connectivity index (χ2n) is 6.92. The lowest BCUT2D eigenvalue weighted by atomic mass is 9.79. The van der Waals surface area contributed by atoms with Crippen LogP contribution < -0.4 is 10.0 Å². The van der Waals surface area contributed by atoms with Crippen LogP contribution in [0, 0.1) is 6.92 Å². The van der Waals surface area contributed by atoms with E-state index >= 15 is 0 Å². The minimum absolute atomic E-state index is 0.547. The van der Waals surface area contributed by atoms with Crippen molar-refractivity contribution in [3.63, 3.8) is 0 Å². The second kappa shape index (κ2) is 11.7. The molecule has 0 radical (unpaired) electrons. The van der Waals surface area contributed by atoms with Crippen LogP contribution in [-0.2, 0) is 0 Å². The first-order valence-electron chi connectivity index (χ1n) is 10.3. The quantitative estimate of drug-likeness (QED) is 0.362. The van der Waals surface area contributed by atoms with E-state index in [1.54, 1.807) is 11.9 Å². The third-order valence-electron chi connectivity index (χ3n) is 4.90. The fourth-order valence-corrected chi connectivity index (χ4v) is 4.59. The minimum Gasteiger partial charge on any atom is -0.381 e. The Labute approximate surface area is 183 Å². The first-order chi connectivity index (χ1) is 13.6. The van der Waals surface area contributed by atoms with E-state index in [1.807, 2.05) is 13.8 Å². The van der Waals surface area contributed by atoms with Gasteiger partial charge in [-0.25, -0.2) is 0 Å². The van der Waals surface area contributed by atoms with Crippen LogP contribution in [-0.4, -0.2) is 12.6 Å². The molecule has 1 fully saturated rings. The summed E-state index contributed by atoms with van der Waals surface area (Å²) < 4.78 is 4.37. The zero-order chi connectivity index (χ0) is 20.5. The molecule has 0 bridgehead atoms. The van der Waals surface area contributed by atoms with Crippen LogP contribution in [0.4, 0.5) is 5.69 Å². The van der Waals surface area contributed by atoms with Crippen LogP contribution in [0.2, 0.25) is 0 Å². The standard InChI is InChI=1S/C13H14BrN.C9H13NS.C2H6/c1-8-3-2-4-12-13(8)10-7-9(14)5-6-11(10)15-12;1-3-10-11-9-6-4-8(2)5-7-9;1-2/h5-7,12-13,15H,1-4H2;4-7,10H,3H2,1-2H3;1-2H3. The molecule has 0 saturated heterocycles. The van der Waals surface area contributed by atoms with E-state index in [4.69, 9.17) is 0 Å². The molecule has 0 amide bonds. The molecule has 2 atom stereocenters. The van der Waals surface area contributed by atoms with Crippen molar-refractivity contribution in [3.8, 4) is 0 Å². The molecule has 2 nitrogen and oxygen atoms in total. The van der Waals surface area contributed by atoms with Gasteiger partial charge in [0.2, 0.25) is 0 Å². The molecule has 0 aromatic heterocycles. The van der Waals surface area contributed by atoms with Gasteiger partial charge in [-0.2, -0.15) is 0 Å². The molecule has 2 aliphatic rings. The highest BCUT2D eigenvalue weighted by Crippen LogP contribution is 2.46. The molecule has 152 valence electrons. The van der Waals surface area contributed by atoms with Gasteiger partial charge in [0.15, 0.2) is 0 Å². The number of nitrogens with one attached hydrogen (secondary N) is 2. The van der Waals surface area contributed by atoms with E-state index in [9.17, 15) is 0 Å². The van der Waals surface area contributed by atoms with Crippen molar-refractivity contribution in [2.75, 3.05) is 11.9 Å². The number of hydrogen-bond acceptors (Lipinski definition) is 3. The van der Waals surface area contributed by atoms with Gasteiger partial charge in [0.05, 0.1) is 0 Å². The zero-order valence-corrected chi connectivity index (χ0v) is 19.9. The molecule has 0 spiro atoms. The van der Waals surface area contributed by atoms with Crippen molar-refractivity contribution in [2.24, 2.45) is 0 Å². The zero-order valence-electron chi connectivity index (χ0n) is 17.5. The summed E-state index contributed by atoms with van der Waals surface area (Å²) in [4.78, 5) is 1.28. The molecule has 2 aromatic rings. The smallest absolute Gasteiger partial charge is 0.0382 e. The van der Waals surface area contributed by atoms with Crippen molar-refractivity contribution in [1.29, 1.82) is 0 Å². The highest BCUT2D eigenvalue weighted by atomic mass is 79.9. The molecular formula is C24H33BrN2S. The fourth-order valence-electron chi connectivity index (χ4n) is 3.63. The van der Waals surface area contributed by atoms with Crippen molar-refractivity contribution in [3.05, 3.63) is 70.2 Å². The van der Waals surface area contributed by atoms with E-state index < -0.39 is 0 Å². The van der Waals surface area contributed by atoms with Crippen molar-refractivity contribution in [1.82, 2.24) is 4.72 Å². The summed E-state index contributed by atoms with van der Waals surface area (Å²) in [7, 11) is 0. The highest BCUT2D eigenvalue weighted by Gasteiger charge is 2.35. The molecular weight excluding hydrogens is 428 g/mol. The number of anilines is 1. The molecule has 1 heterocycles. The minimum atomic E-state index is 0.547. The summed E-state index contributed by atoms with van der Waals surface area (Å²) in [6.45, 7) is 13.4. The molecule has 28 heavy (non-hydrogen) atoms. The summed E-state index contributed by atoms with van der Waals surface area (Å²) >= 11 is 5.22. The fraction of sp³-hybridized carbons (Fsp3) is 0.417. The number of halogens is 1. The summed E-state index contributed by atoms with van der Waals surface area (Å²) in [5.74, 6) is 0.547. The van der Waals surface area contributed by atoms with E-state index in [1.165, 1.54) is 51.0 Å². The lowest BCUT2D eigenvalue weighted by Gasteiger charge is -2.27. The predicted molar refractivity (Wildman–Crippen MR) is 129 cm³/mol. The Hall–Kier alpha value is -1.23.